The highest BCUT2D eigenvalue weighted by atomic mass is 16.1. The first-order valence-corrected chi connectivity index (χ1v) is 7.90. The fourth-order valence-corrected chi connectivity index (χ4v) is 3.25. The van der Waals surface area contributed by atoms with E-state index >= 15 is 0 Å². The molecule has 4 heterocycles. The smallest absolute Gasteiger partial charge is 0.272 e. The summed E-state index contributed by atoms with van der Waals surface area (Å²) in [7, 11) is 0. The van der Waals surface area contributed by atoms with Gasteiger partial charge in [-0.2, -0.15) is 5.10 Å². The van der Waals surface area contributed by atoms with Gasteiger partial charge in [-0.3, -0.25) is 19.9 Å². The lowest BCUT2D eigenvalue weighted by Gasteiger charge is -2.33. The summed E-state index contributed by atoms with van der Waals surface area (Å²) in [5, 5.41) is 10.1. The van der Waals surface area contributed by atoms with E-state index in [4.69, 9.17) is 0 Å². The van der Waals surface area contributed by atoms with E-state index in [0.717, 1.165) is 36.7 Å². The van der Waals surface area contributed by atoms with E-state index in [9.17, 15) is 4.79 Å². The molecule has 0 aliphatic carbocycles. The first-order valence-electron chi connectivity index (χ1n) is 7.90. The van der Waals surface area contributed by atoms with Crippen LogP contribution < -0.4 is 5.56 Å². The Morgan fingerprint density at radius 3 is 3.09 bits per heavy atom. The summed E-state index contributed by atoms with van der Waals surface area (Å²) in [6.07, 6.45) is 5.06. The van der Waals surface area contributed by atoms with Crippen molar-refractivity contribution in [3.05, 3.63) is 46.0 Å². The molecule has 0 radical (unpaired) electrons. The molecule has 2 N–H and O–H groups in total. The van der Waals surface area contributed by atoms with E-state index in [2.05, 4.69) is 30.2 Å². The Bertz CT molecular complexity index is 877. The summed E-state index contributed by atoms with van der Waals surface area (Å²) in [5.41, 5.74) is 1.35. The molecule has 1 atom stereocenters. The predicted molar refractivity (Wildman–Crippen MR) is 83.9 cm³/mol. The Labute approximate surface area is 132 Å². The molecule has 0 bridgehead atoms. The molecule has 3 aromatic heterocycles. The number of aromatic amines is 2. The zero-order valence-corrected chi connectivity index (χ0v) is 13.0. The minimum atomic E-state index is -0.0858. The van der Waals surface area contributed by atoms with Crippen LogP contribution >= 0.6 is 0 Å². The molecule has 3 aromatic rings. The van der Waals surface area contributed by atoms with Crippen molar-refractivity contribution in [1.82, 2.24) is 34.7 Å². The van der Waals surface area contributed by atoms with Crippen LogP contribution in [0.15, 0.2) is 23.1 Å². The number of fused-ring (bicyclic) bond motifs is 1. The van der Waals surface area contributed by atoms with Crippen molar-refractivity contribution >= 4 is 5.65 Å². The lowest BCUT2D eigenvalue weighted by atomic mass is 10.0. The van der Waals surface area contributed by atoms with Gasteiger partial charge in [0.2, 0.25) is 0 Å². The second-order valence-electron chi connectivity index (χ2n) is 6.00. The van der Waals surface area contributed by atoms with Gasteiger partial charge in [-0.05, 0) is 26.3 Å². The predicted octanol–water partition coefficient (Wildman–Crippen LogP) is 1.18. The summed E-state index contributed by atoms with van der Waals surface area (Å²) >= 11 is 0. The van der Waals surface area contributed by atoms with Gasteiger partial charge in [0.1, 0.15) is 5.82 Å². The molecule has 120 valence electrons. The molecular weight excluding hydrogens is 294 g/mol. The largest absolute Gasteiger partial charge is 0.297 e. The average Bonchev–Trinajstić information content (AvgIpc) is 3.17. The maximum absolute atomic E-state index is 12.1. The third kappa shape index (κ3) is 2.65. The normalized spacial score (nSPS) is 19.4. The van der Waals surface area contributed by atoms with Crippen LogP contribution in [0.4, 0.5) is 0 Å². The summed E-state index contributed by atoms with van der Waals surface area (Å²) in [5.74, 6) is 1.66. The van der Waals surface area contributed by atoms with E-state index in [0.29, 0.717) is 12.2 Å². The number of likely N-dealkylation sites (tertiary alicyclic amines) is 1. The van der Waals surface area contributed by atoms with Gasteiger partial charge in [-0.15, -0.1) is 0 Å². The fraction of sp³-hybridized carbons (Fsp3) is 0.467. The Hall–Kier alpha value is -2.48. The number of rotatable bonds is 3. The maximum atomic E-state index is 12.1. The molecule has 4 rings (SSSR count). The summed E-state index contributed by atoms with van der Waals surface area (Å²) in [4.78, 5) is 23.5. The monoisotopic (exact) mass is 313 g/mol. The van der Waals surface area contributed by atoms with E-state index in [1.54, 1.807) is 18.3 Å². The van der Waals surface area contributed by atoms with Crippen molar-refractivity contribution < 1.29 is 0 Å². The van der Waals surface area contributed by atoms with Gasteiger partial charge in [0.25, 0.3) is 5.56 Å². The van der Waals surface area contributed by atoms with Gasteiger partial charge in [0.05, 0.1) is 11.7 Å². The number of H-pyrrole nitrogens is 2. The quantitative estimate of drug-likeness (QED) is 0.757. The van der Waals surface area contributed by atoms with Crippen LogP contribution in [0.3, 0.4) is 0 Å². The van der Waals surface area contributed by atoms with Crippen LogP contribution in [-0.4, -0.2) is 41.2 Å². The molecule has 1 aliphatic heterocycles. The second-order valence-corrected chi connectivity index (χ2v) is 6.00. The van der Waals surface area contributed by atoms with Crippen molar-refractivity contribution in [3.8, 4) is 0 Å². The Morgan fingerprint density at radius 1 is 1.35 bits per heavy atom. The van der Waals surface area contributed by atoms with E-state index in [-0.39, 0.29) is 11.6 Å². The highest BCUT2D eigenvalue weighted by Gasteiger charge is 2.27. The van der Waals surface area contributed by atoms with Crippen LogP contribution in [0.5, 0.6) is 0 Å². The first-order chi connectivity index (χ1) is 11.2. The molecule has 8 nitrogen and oxygen atoms in total. The molecule has 1 aliphatic rings. The van der Waals surface area contributed by atoms with Crippen LogP contribution in [0, 0.1) is 6.92 Å². The Morgan fingerprint density at radius 2 is 2.26 bits per heavy atom. The number of piperidine rings is 1. The van der Waals surface area contributed by atoms with Crippen LogP contribution in [0.25, 0.3) is 5.65 Å². The summed E-state index contributed by atoms with van der Waals surface area (Å²) in [6.45, 7) is 3.51. The molecule has 8 heteroatoms. The van der Waals surface area contributed by atoms with Gasteiger partial charge in [-0.25, -0.2) is 14.5 Å². The van der Waals surface area contributed by atoms with Gasteiger partial charge < -0.3 is 0 Å². The number of nitrogens with one attached hydrogen (secondary N) is 2. The molecule has 0 aromatic carbocycles. The van der Waals surface area contributed by atoms with E-state index in [1.165, 1.54) is 10.9 Å². The number of aryl methyl sites for hydroxylation is 1. The number of hydrogen-bond acceptors (Lipinski definition) is 5. The fourth-order valence-electron chi connectivity index (χ4n) is 3.25. The third-order valence-corrected chi connectivity index (χ3v) is 4.33. The third-order valence-electron chi connectivity index (χ3n) is 4.33. The van der Waals surface area contributed by atoms with Gasteiger partial charge in [-0.1, -0.05) is 6.42 Å². The highest BCUT2D eigenvalue weighted by Crippen LogP contribution is 2.29. The standard InChI is InChI=1S/C15H19N7O/c1-10-17-15(20-19-10)12-4-2-3-7-21(12)9-11-8-14(23)22-13(18-11)5-6-16-22/h5-6,8,12,16H,2-4,7,9H2,1H3,(H,17,19,20)/t12-/m1/s1. The first kappa shape index (κ1) is 14.1. The number of hydrogen-bond donors (Lipinski definition) is 2. The molecule has 0 spiro atoms. The van der Waals surface area contributed by atoms with Gasteiger partial charge >= 0.3 is 0 Å². The molecular formula is C15H19N7O. The molecule has 0 amide bonds. The van der Waals surface area contributed by atoms with E-state index in [1.807, 2.05) is 6.92 Å². The molecule has 1 saturated heterocycles. The van der Waals surface area contributed by atoms with Gasteiger partial charge in [0.15, 0.2) is 11.5 Å². The second kappa shape index (κ2) is 5.62. The van der Waals surface area contributed by atoms with Crippen LogP contribution in [0.1, 0.15) is 42.6 Å². The van der Waals surface area contributed by atoms with Crippen LogP contribution in [-0.2, 0) is 6.54 Å². The lowest BCUT2D eigenvalue weighted by molar-refractivity contribution is 0.132. The SMILES string of the molecule is Cc1nc([C@H]2CCCCN2Cc2cc(=O)n3[nH]ccc3n2)n[nH]1. The summed E-state index contributed by atoms with van der Waals surface area (Å²) in [6, 6.07) is 3.58. The zero-order chi connectivity index (χ0) is 15.8. The van der Waals surface area contributed by atoms with E-state index < -0.39 is 0 Å². The Balaban J connectivity index is 1.63. The van der Waals surface area contributed by atoms with Crippen molar-refractivity contribution in [2.45, 2.75) is 38.8 Å². The highest BCUT2D eigenvalue weighted by molar-refractivity contribution is 5.36. The lowest BCUT2D eigenvalue weighted by Crippen LogP contribution is -2.34. The topological polar surface area (TPSA) is 95.0 Å². The van der Waals surface area contributed by atoms with Crippen molar-refractivity contribution in [1.29, 1.82) is 0 Å². The number of nitrogens with zero attached hydrogens (tertiary/aromatic N) is 5. The molecule has 23 heavy (non-hydrogen) atoms. The summed E-state index contributed by atoms with van der Waals surface area (Å²) < 4.78 is 1.44. The van der Waals surface area contributed by atoms with Crippen molar-refractivity contribution in [2.75, 3.05) is 6.54 Å². The molecule has 0 saturated carbocycles. The maximum Gasteiger partial charge on any atom is 0.272 e. The molecule has 0 unspecified atom stereocenters. The minimum absolute atomic E-state index is 0.0858. The number of aromatic nitrogens is 6. The van der Waals surface area contributed by atoms with Crippen molar-refractivity contribution in [3.63, 3.8) is 0 Å². The van der Waals surface area contributed by atoms with Crippen molar-refractivity contribution in [2.24, 2.45) is 0 Å². The van der Waals surface area contributed by atoms with Gasteiger partial charge in [0, 0.05) is 24.9 Å². The average molecular weight is 313 g/mol. The minimum Gasteiger partial charge on any atom is -0.297 e. The van der Waals surface area contributed by atoms with Crippen LogP contribution in [0.2, 0.25) is 0 Å². The molecule has 1 fully saturated rings. The zero-order valence-electron chi connectivity index (χ0n) is 13.0. The Kier molecular flexibility index (Phi) is 3.45.